The second-order valence-electron chi connectivity index (χ2n) is 7.67. The van der Waals surface area contributed by atoms with Gasteiger partial charge in [-0.15, -0.1) is 0 Å². The number of hydrogen-bond acceptors (Lipinski definition) is 5. The summed E-state index contributed by atoms with van der Waals surface area (Å²) in [6.45, 7) is 2.31. The smallest absolute Gasteiger partial charge is 0.252 e. The normalized spacial score (nSPS) is 15.8. The summed E-state index contributed by atoms with van der Waals surface area (Å²) in [5.74, 6) is 0.372. The van der Waals surface area contributed by atoms with Crippen molar-refractivity contribution in [2.45, 2.75) is 23.8 Å². The molecule has 0 aromatic heterocycles. The zero-order valence-corrected chi connectivity index (χ0v) is 19.5. The van der Waals surface area contributed by atoms with E-state index >= 15 is 0 Å². The third-order valence-corrected chi connectivity index (χ3v) is 7.64. The van der Waals surface area contributed by atoms with E-state index in [1.165, 1.54) is 32.3 Å². The van der Waals surface area contributed by atoms with Crippen LogP contribution in [0.5, 0.6) is 5.75 Å². The highest BCUT2D eigenvalue weighted by Crippen LogP contribution is 2.27. The number of nitrogens with zero attached hydrogens (tertiary/aromatic N) is 2. The summed E-state index contributed by atoms with van der Waals surface area (Å²) in [4.78, 5) is 15.3. The second kappa shape index (κ2) is 9.99. The fourth-order valence-corrected chi connectivity index (χ4v) is 4.80. The van der Waals surface area contributed by atoms with E-state index in [4.69, 9.17) is 16.3 Å². The first kappa shape index (κ1) is 23.5. The Balaban J connectivity index is 1.80. The average molecular weight is 466 g/mol. The monoisotopic (exact) mass is 465 g/mol. The first-order valence-corrected chi connectivity index (χ1v) is 11.9. The SMILES string of the molecule is COc1ccc(C(CNC(=O)c2cc(S(=O)(=O)N(C)C)ccc2Cl)N2CCCC2)cc1. The highest BCUT2D eigenvalue weighted by atomic mass is 35.5. The van der Waals surface area contributed by atoms with Crippen molar-refractivity contribution < 1.29 is 17.9 Å². The lowest BCUT2D eigenvalue weighted by Gasteiger charge is -2.28. The third kappa shape index (κ3) is 5.38. The number of rotatable bonds is 8. The maximum atomic E-state index is 12.9. The van der Waals surface area contributed by atoms with Crippen molar-refractivity contribution in [1.82, 2.24) is 14.5 Å². The first-order chi connectivity index (χ1) is 14.7. The molecule has 0 aliphatic carbocycles. The highest BCUT2D eigenvalue weighted by molar-refractivity contribution is 7.89. The van der Waals surface area contributed by atoms with Crippen LogP contribution in [0.4, 0.5) is 0 Å². The van der Waals surface area contributed by atoms with Crippen LogP contribution < -0.4 is 10.1 Å². The lowest BCUT2D eigenvalue weighted by molar-refractivity contribution is 0.0938. The largest absolute Gasteiger partial charge is 0.497 e. The maximum Gasteiger partial charge on any atom is 0.252 e. The summed E-state index contributed by atoms with van der Waals surface area (Å²) in [6.07, 6.45) is 2.24. The van der Waals surface area contributed by atoms with Crippen LogP contribution in [0.3, 0.4) is 0 Å². The van der Waals surface area contributed by atoms with Crippen LogP contribution in [0, 0.1) is 0 Å². The van der Waals surface area contributed by atoms with Gasteiger partial charge in [0.15, 0.2) is 0 Å². The quantitative estimate of drug-likeness (QED) is 0.647. The summed E-state index contributed by atoms with van der Waals surface area (Å²) >= 11 is 6.22. The minimum atomic E-state index is -3.67. The molecule has 0 bridgehead atoms. The molecule has 7 nitrogen and oxygen atoms in total. The van der Waals surface area contributed by atoms with Crippen molar-refractivity contribution in [1.29, 1.82) is 0 Å². The van der Waals surface area contributed by atoms with Crippen molar-refractivity contribution in [2.75, 3.05) is 40.8 Å². The zero-order chi connectivity index (χ0) is 22.6. The second-order valence-corrected chi connectivity index (χ2v) is 10.2. The van der Waals surface area contributed by atoms with Crippen LogP contribution in [0.1, 0.15) is 34.8 Å². The van der Waals surface area contributed by atoms with E-state index in [1.54, 1.807) is 7.11 Å². The van der Waals surface area contributed by atoms with Crippen LogP contribution in [-0.4, -0.2) is 64.4 Å². The number of carbonyl (C=O) groups is 1. The van der Waals surface area contributed by atoms with Crippen molar-refractivity contribution in [3.63, 3.8) is 0 Å². The van der Waals surface area contributed by atoms with Gasteiger partial charge in [-0.3, -0.25) is 9.69 Å². The van der Waals surface area contributed by atoms with Gasteiger partial charge in [0, 0.05) is 20.6 Å². The van der Waals surface area contributed by atoms with E-state index in [2.05, 4.69) is 10.2 Å². The molecule has 3 rings (SSSR count). The van der Waals surface area contributed by atoms with Crippen LogP contribution in [0.25, 0.3) is 0 Å². The Morgan fingerprint density at radius 3 is 2.39 bits per heavy atom. The van der Waals surface area contributed by atoms with Crippen LogP contribution in [0.2, 0.25) is 5.02 Å². The number of methoxy groups -OCH3 is 1. The molecule has 1 heterocycles. The number of halogens is 1. The molecule has 1 N–H and O–H groups in total. The van der Waals surface area contributed by atoms with Crippen molar-refractivity contribution >= 4 is 27.5 Å². The Hall–Kier alpha value is -2.13. The maximum absolute atomic E-state index is 12.9. The number of amides is 1. The molecule has 1 aliphatic heterocycles. The Labute approximate surface area is 189 Å². The highest BCUT2D eigenvalue weighted by Gasteiger charge is 2.25. The van der Waals surface area contributed by atoms with Gasteiger partial charge in [-0.1, -0.05) is 23.7 Å². The Kier molecular flexibility index (Phi) is 7.59. The van der Waals surface area contributed by atoms with Crippen LogP contribution in [0.15, 0.2) is 47.4 Å². The number of benzene rings is 2. The molecular formula is C22H28ClN3O4S. The van der Waals surface area contributed by atoms with Gasteiger partial charge in [-0.25, -0.2) is 12.7 Å². The lowest BCUT2D eigenvalue weighted by Crippen LogP contribution is -2.37. The summed E-state index contributed by atoms with van der Waals surface area (Å²) in [7, 11) is 0.845. The molecule has 1 unspecified atom stereocenters. The summed E-state index contributed by atoms with van der Waals surface area (Å²) < 4.78 is 31.2. The molecule has 2 aromatic carbocycles. The lowest BCUT2D eigenvalue weighted by atomic mass is 10.0. The first-order valence-electron chi connectivity index (χ1n) is 10.1. The molecule has 31 heavy (non-hydrogen) atoms. The van der Waals surface area contributed by atoms with Crippen molar-refractivity contribution in [3.05, 3.63) is 58.6 Å². The molecule has 1 atom stereocenters. The molecule has 1 saturated heterocycles. The Morgan fingerprint density at radius 2 is 1.81 bits per heavy atom. The van der Waals surface area contributed by atoms with E-state index < -0.39 is 15.9 Å². The van der Waals surface area contributed by atoms with Gasteiger partial charge in [0.25, 0.3) is 5.91 Å². The minimum Gasteiger partial charge on any atom is -0.497 e. The molecule has 168 valence electrons. The van der Waals surface area contributed by atoms with Gasteiger partial charge >= 0.3 is 0 Å². The number of hydrogen-bond donors (Lipinski definition) is 1. The fourth-order valence-electron chi connectivity index (χ4n) is 3.67. The minimum absolute atomic E-state index is 0.00446. The van der Waals surface area contributed by atoms with Gasteiger partial charge in [0.1, 0.15) is 5.75 Å². The van der Waals surface area contributed by atoms with E-state index in [9.17, 15) is 13.2 Å². The molecule has 0 radical (unpaired) electrons. The van der Waals surface area contributed by atoms with Crippen molar-refractivity contribution in [2.24, 2.45) is 0 Å². The molecule has 1 aliphatic rings. The number of carbonyl (C=O) groups excluding carboxylic acids is 1. The predicted octanol–water partition coefficient (Wildman–Crippen LogP) is 3.17. The third-order valence-electron chi connectivity index (χ3n) is 5.50. The molecule has 1 fully saturated rings. The average Bonchev–Trinajstić information content (AvgIpc) is 3.28. The summed E-state index contributed by atoms with van der Waals surface area (Å²) in [5, 5.41) is 3.15. The predicted molar refractivity (Wildman–Crippen MR) is 121 cm³/mol. The number of ether oxygens (including phenoxy) is 1. The number of sulfonamides is 1. The van der Waals surface area contributed by atoms with Crippen molar-refractivity contribution in [3.8, 4) is 5.75 Å². The molecule has 1 amide bonds. The van der Waals surface area contributed by atoms with Gasteiger partial charge < -0.3 is 10.1 Å². The van der Waals surface area contributed by atoms with E-state index in [0.29, 0.717) is 6.54 Å². The van der Waals surface area contributed by atoms with E-state index in [0.717, 1.165) is 41.5 Å². The Bertz CT molecular complexity index is 1020. The van der Waals surface area contributed by atoms with Gasteiger partial charge in [-0.2, -0.15) is 0 Å². The molecule has 0 saturated carbocycles. The topological polar surface area (TPSA) is 78.9 Å². The van der Waals surface area contributed by atoms with Gasteiger partial charge in [0.05, 0.1) is 28.6 Å². The molecule has 9 heteroatoms. The number of likely N-dealkylation sites (tertiary alicyclic amines) is 1. The zero-order valence-electron chi connectivity index (χ0n) is 18.0. The van der Waals surface area contributed by atoms with Crippen LogP contribution in [-0.2, 0) is 10.0 Å². The standard InChI is InChI=1S/C22H28ClN3O4S/c1-25(2)31(28,29)18-10-11-20(23)19(14-18)22(27)24-15-21(26-12-4-5-13-26)16-6-8-17(30-3)9-7-16/h6-11,14,21H,4-5,12-13,15H2,1-3H3,(H,24,27). The van der Waals surface area contributed by atoms with Gasteiger partial charge in [0.2, 0.25) is 10.0 Å². The van der Waals surface area contributed by atoms with Crippen LogP contribution >= 0.6 is 11.6 Å². The molecule has 2 aromatic rings. The number of nitrogens with one attached hydrogen (secondary N) is 1. The van der Waals surface area contributed by atoms with Gasteiger partial charge in [-0.05, 0) is 61.8 Å². The molecular weight excluding hydrogens is 438 g/mol. The van der Waals surface area contributed by atoms with E-state index in [-0.39, 0.29) is 21.5 Å². The Morgan fingerprint density at radius 1 is 1.16 bits per heavy atom. The fraction of sp³-hybridized carbons (Fsp3) is 0.409. The summed E-state index contributed by atoms with van der Waals surface area (Å²) in [5.41, 5.74) is 1.22. The molecule has 0 spiro atoms. The summed E-state index contributed by atoms with van der Waals surface area (Å²) in [6, 6.07) is 12.0. The van der Waals surface area contributed by atoms with E-state index in [1.807, 2.05) is 24.3 Å².